The van der Waals surface area contributed by atoms with E-state index >= 15 is 0 Å². The van der Waals surface area contributed by atoms with Gasteiger partial charge in [-0.25, -0.2) is 4.79 Å². The summed E-state index contributed by atoms with van der Waals surface area (Å²) in [6.07, 6.45) is 0.886. The molecule has 0 aliphatic carbocycles. The van der Waals surface area contributed by atoms with E-state index in [-0.39, 0.29) is 5.91 Å². The minimum absolute atomic E-state index is 0.257. The molecule has 0 aromatic heterocycles. The third-order valence-corrected chi connectivity index (χ3v) is 4.55. The fourth-order valence-corrected chi connectivity index (χ4v) is 2.97. The summed E-state index contributed by atoms with van der Waals surface area (Å²) in [6.45, 7) is 4.57. The lowest BCUT2D eigenvalue weighted by Crippen LogP contribution is -2.46. The van der Waals surface area contributed by atoms with E-state index in [0.717, 1.165) is 4.90 Å². The summed E-state index contributed by atoms with van der Waals surface area (Å²) in [5.41, 5.74) is -0.164. The van der Waals surface area contributed by atoms with Crippen molar-refractivity contribution in [2.75, 3.05) is 24.3 Å². The second kappa shape index (κ2) is 8.07. The Bertz CT molecular complexity index is 773. The summed E-state index contributed by atoms with van der Waals surface area (Å²) in [6, 6.07) is 4.17. The molecule has 0 atom stereocenters. The predicted octanol–water partition coefficient (Wildman–Crippen LogP) is 1.70. The van der Waals surface area contributed by atoms with Crippen LogP contribution in [0.1, 0.15) is 33.6 Å². The van der Waals surface area contributed by atoms with E-state index in [9.17, 15) is 19.2 Å². The quantitative estimate of drug-likeness (QED) is 0.626. The molecule has 1 heterocycles. The second-order valence-electron chi connectivity index (χ2n) is 6.26. The van der Waals surface area contributed by atoms with Gasteiger partial charge in [0, 0.05) is 12.6 Å². The van der Waals surface area contributed by atoms with Gasteiger partial charge in [-0.3, -0.25) is 19.3 Å². The predicted molar refractivity (Wildman–Crippen MR) is 99.5 cm³/mol. The fraction of sp³-hybridized carbons (Fsp3) is 0.444. The highest BCUT2D eigenvalue weighted by Gasteiger charge is 2.49. The van der Waals surface area contributed by atoms with E-state index in [1.807, 2.05) is 13.8 Å². The highest BCUT2D eigenvalue weighted by Crippen LogP contribution is 2.28. The number of imide groups is 1. The maximum Gasteiger partial charge on any atom is 0.325 e. The standard InChI is InChI=1S/C18H24N4O5/c1-5-18(6-2)16(25)22(17(26)21-18)10-15(24)20-13-9-12(19-11(3)23)7-8-14(13)27-4/h7-9H,5-6,10H2,1-4H3,(H,19,23)(H,20,24)(H,21,26). The van der Waals surface area contributed by atoms with Gasteiger partial charge in [0.15, 0.2) is 0 Å². The van der Waals surface area contributed by atoms with Gasteiger partial charge in [-0.15, -0.1) is 0 Å². The first-order valence-corrected chi connectivity index (χ1v) is 8.66. The van der Waals surface area contributed by atoms with E-state index in [1.165, 1.54) is 20.1 Å². The molecular weight excluding hydrogens is 352 g/mol. The molecule has 0 saturated carbocycles. The Kier molecular flexibility index (Phi) is 6.04. The van der Waals surface area contributed by atoms with Crippen molar-refractivity contribution in [3.05, 3.63) is 18.2 Å². The third kappa shape index (κ3) is 4.18. The summed E-state index contributed by atoms with van der Waals surface area (Å²) < 4.78 is 5.20. The molecular formula is C18H24N4O5. The molecule has 0 unspecified atom stereocenters. The first-order valence-electron chi connectivity index (χ1n) is 8.66. The highest BCUT2D eigenvalue weighted by atomic mass is 16.5. The smallest absolute Gasteiger partial charge is 0.325 e. The van der Waals surface area contributed by atoms with Crippen molar-refractivity contribution in [1.29, 1.82) is 0 Å². The van der Waals surface area contributed by atoms with Crippen molar-refractivity contribution in [3.8, 4) is 5.75 Å². The number of benzene rings is 1. The number of rotatable bonds is 7. The highest BCUT2D eigenvalue weighted by molar-refractivity contribution is 6.10. The van der Waals surface area contributed by atoms with Crippen LogP contribution in [0.25, 0.3) is 0 Å². The third-order valence-electron chi connectivity index (χ3n) is 4.55. The minimum Gasteiger partial charge on any atom is -0.495 e. The molecule has 146 valence electrons. The van der Waals surface area contributed by atoms with Crippen LogP contribution in [0.15, 0.2) is 18.2 Å². The van der Waals surface area contributed by atoms with Crippen LogP contribution in [0, 0.1) is 0 Å². The van der Waals surface area contributed by atoms with Crippen LogP contribution in [0.5, 0.6) is 5.75 Å². The second-order valence-corrected chi connectivity index (χ2v) is 6.26. The van der Waals surface area contributed by atoms with Gasteiger partial charge >= 0.3 is 6.03 Å². The van der Waals surface area contributed by atoms with Crippen molar-refractivity contribution >= 4 is 35.1 Å². The Labute approximate surface area is 157 Å². The van der Waals surface area contributed by atoms with Crippen molar-refractivity contribution in [3.63, 3.8) is 0 Å². The van der Waals surface area contributed by atoms with Crippen LogP contribution in [0.4, 0.5) is 16.2 Å². The maximum atomic E-state index is 12.6. The molecule has 5 amide bonds. The minimum atomic E-state index is -0.958. The van der Waals surface area contributed by atoms with Gasteiger partial charge in [0.05, 0.1) is 12.8 Å². The van der Waals surface area contributed by atoms with Crippen LogP contribution in [-0.2, 0) is 14.4 Å². The largest absolute Gasteiger partial charge is 0.495 e. The Morgan fingerprint density at radius 1 is 1.19 bits per heavy atom. The van der Waals surface area contributed by atoms with E-state index in [1.54, 1.807) is 12.1 Å². The van der Waals surface area contributed by atoms with Crippen LogP contribution in [0.2, 0.25) is 0 Å². The summed E-state index contributed by atoms with van der Waals surface area (Å²) in [4.78, 5) is 49.3. The molecule has 1 aliphatic rings. The molecule has 1 aliphatic heterocycles. The molecule has 1 fully saturated rings. The van der Waals surface area contributed by atoms with Crippen molar-refractivity contribution in [2.45, 2.75) is 39.2 Å². The van der Waals surface area contributed by atoms with Gasteiger partial charge in [-0.05, 0) is 31.0 Å². The van der Waals surface area contributed by atoms with Crippen LogP contribution >= 0.6 is 0 Å². The zero-order valence-corrected chi connectivity index (χ0v) is 15.8. The number of hydrogen-bond donors (Lipinski definition) is 3. The molecule has 0 radical (unpaired) electrons. The van der Waals surface area contributed by atoms with E-state index < -0.39 is 29.9 Å². The molecule has 1 aromatic rings. The first kappa shape index (κ1) is 20.2. The average Bonchev–Trinajstić information content (AvgIpc) is 2.86. The fourth-order valence-electron chi connectivity index (χ4n) is 2.97. The Morgan fingerprint density at radius 3 is 2.37 bits per heavy atom. The van der Waals surface area contributed by atoms with E-state index in [2.05, 4.69) is 16.0 Å². The number of anilines is 2. The number of urea groups is 1. The van der Waals surface area contributed by atoms with Crippen LogP contribution in [0.3, 0.4) is 0 Å². The van der Waals surface area contributed by atoms with Crippen LogP contribution in [-0.4, -0.2) is 47.8 Å². The van der Waals surface area contributed by atoms with Gasteiger partial charge in [-0.1, -0.05) is 13.8 Å². The molecule has 0 spiro atoms. The van der Waals surface area contributed by atoms with E-state index in [0.29, 0.717) is 30.0 Å². The molecule has 3 N–H and O–H groups in total. The Morgan fingerprint density at radius 2 is 1.85 bits per heavy atom. The number of carbonyl (C=O) groups is 4. The lowest BCUT2D eigenvalue weighted by Gasteiger charge is -2.23. The van der Waals surface area contributed by atoms with E-state index in [4.69, 9.17) is 4.74 Å². The number of ether oxygens (including phenoxy) is 1. The normalized spacial score (nSPS) is 15.3. The molecule has 9 heteroatoms. The van der Waals surface area contributed by atoms with Gasteiger partial charge in [0.1, 0.15) is 17.8 Å². The summed E-state index contributed by atoms with van der Waals surface area (Å²) in [5, 5.41) is 7.90. The Hall–Kier alpha value is -3.10. The lowest BCUT2D eigenvalue weighted by atomic mass is 9.93. The zero-order chi connectivity index (χ0) is 20.2. The average molecular weight is 376 g/mol. The van der Waals surface area contributed by atoms with Gasteiger partial charge in [0.25, 0.3) is 5.91 Å². The van der Waals surface area contributed by atoms with Gasteiger partial charge in [0.2, 0.25) is 11.8 Å². The summed E-state index contributed by atoms with van der Waals surface area (Å²) >= 11 is 0. The maximum absolute atomic E-state index is 12.6. The zero-order valence-electron chi connectivity index (χ0n) is 15.8. The van der Waals surface area contributed by atoms with Crippen LogP contribution < -0.4 is 20.7 Å². The lowest BCUT2D eigenvalue weighted by molar-refractivity contribution is -0.134. The van der Waals surface area contributed by atoms with Gasteiger partial charge in [-0.2, -0.15) is 0 Å². The molecule has 2 rings (SSSR count). The topological polar surface area (TPSA) is 117 Å². The molecule has 1 aromatic carbocycles. The molecule has 9 nitrogen and oxygen atoms in total. The van der Waals surface area contributed by atoms with Gasteiger partial charge < -0.3 is 20.7 Å². The number of nitrogens with zero attached hydrogens (tertiary/aromatic N) is 1. The van der Waals surface area contributed by atoms with Crippen molar-refractivity contribution in [1.82, 2.24) is 10.2 Å². The summed E-state index contributed by atoms with van der Waals surface area (Å²) in [5.74, 6) is -0.843. The number of amides is 5. The molecule has 27 heavy (non-hydrogen) atoms. The van der Waals surface area contributed by atoms with Crippen molar-refractivity contribution < 1.29 is 23.9 Å². The molecule has 1 saturated heterocycles. The monoisotopic (exact) mass is 376 g/mol. The number of carbonyl (C=O) groups excluding carboxylic acids is 4. The Balaban J connectivity index is 2.15. The molecule has 0 bridgehead atoms. The summed E-state index contributed by atoms with van der Waals surface area (Å²) in [7, 11) is 1.44. The SMILES string of the molecule is CCC1(CC)NC(=O)N(CC(=O)Nc2cc(NC(C)=O)ccc2OC)C1=O. The first-order chi connectivity index (χ1) is 12.8. The number of hydrogen-bond acceptors (Lipinski definition) is 5. The number of nitrogens with one attached hydrogen (secondary N) is 3. The van der Waals surface area contributed by atoms with Crippen molar-refractivity contribution in [2.24, 2.45) is 0 Å². The number of methoxy groups -OCH3 is 1.